The van der Waals surface area contributed by atoms with Gasteiger partial charge in [0.25, 0.3) is 0 Å². The number of aliphatic imine (C=N–C) groups is 1. The molecule has 2 aliphatic heterocycles. The fraction of sp³-hybridized carbons (Fsp3) is 0.160. The first-order valence-electron chi connectivity index (χ1n) is 10.7. The molecule has 2 amide bonds. The zero-order valence-electron chi connectivity index (χ0n) is 18.2. The van der Waals surface area contributed by atoms with Crippen LogP contribution in [0.2, 0.25) is 5.02 Å². The standard InChI is InChI=1S/C25H19ClFN3O4S/c26-18-3-1-2-4-19(18)29-23(31)12-22-24(32)30(13-15-5-10-20-21(11-15)34-14-33-20)25(35-22)28-17-8-6-16(27)7-9-17/h1-11,22H,12-14H2,(H,29,31)/t22-/m1/s1. The molecule has 1 atom stereocenters. The number of carbonyl (C=O) groups is 2. The smallest absolute Gasteiger partial charge is 0.242 e. The number of amidine groups is 1. The maximum Gasteiger partial charge on any atom is 0.242 e. The van der Waals surface area contributed by atoms with Gasteiger partial charge in [0.05, 0.1) is 22.9 Å². The Bertz CT molecular complexity index is 1320. The molecule has 1 fully saturated rings. The summed E-state index contributed by atoms with van der Waals surface area (Å²) in [6.07, 6.45) is -0.0607. The number of hydrogen-bond donors (Lipinski definition) is 1. The largest absolute Gasteiger partial charge is 0.454 e. The van der Waals surface area contributed by atoms with Crippen molar-refractivity contribution >= 4 is 51.7 Å². The van der Waals surface area contributed by atoms with Gasteiger partial charge in [-0.25, -0.2) is 9.38 Å². The lowest BCUT2D eigenvalue weighted by Gasteiger charge is -2.17. The van der Waals surface area contributed by atoms with E-state index in [4.69, 9.17) is 21.1 Å². The first kappa shape index (κ1) is 23.2. The molecule has 0 unspecified atom stereocenters. The zero-order chi connectivity index (χ0) is 24.4. The van der Waals surface area contributed by atoms with Gasteiger partial charge < -0.3 is 14.8 Å². The molecule has 35 heavy (non-hydrogen) atoms. The third kappa shape index (κ3) is 5.26. The number of nitrogens with one attached hydrogen (secondary N) is 1. The Labute approximate surface area is 209 Å². The minimum absolute atomic E-state index is 0.0607. The molecule has 2 aliphatic rings. The molecule has 1 saturated heterocycles. The number of anilines is 1. The fourth-order valence-electron chi connectivity index (χ4n) is 3.65. The monoisotopic (exact) mass is 511 g/mol. The molecule has 7 nitrogen and oxygen atoms in total. The predicted octanol–water partition coefficient (Wildman–Crippen LogP) is 5.37. The summed E-state index contributed by atoms with van der Waals surface area (Å²) in [7, 11) is 0. The van der Waals surface area contributed by atoms with E-state index in [0.717, 1.165) is 5.56 Å². The zero-order valence-corrected chi connectivity index (χ0v) is 19.8. The number of fused-ring (bicyclic) bond motifs is 1. The number of carbonyl (C=O) groups excluding carboxylic acids is 2. The Kier molecular flexibility index (Phi) is 6.61. The summed E-state index contributed by atoms with van der Waals surface area (Å²) < 4.78 is 24.2. The quantitative estimate of drug-likeness (QED) is 0.481. The van der Waals surface area contributed by atoms with Crippen molar-refractivity contribution in [3.8, 4) is 11.5 Å². The van der Waals surface area contributed by atoms with E-state index >= 15 is 0 Å². The first-order valence-corrected chi connectivity index (χ1v) is 12.0. The van der Waals surface area contributed by atoms with Gasteiger partial charge >= 0.3 is 0 Å². The molecular weight excluding hydrogens is 493 g/mol. The molecule has 0 aromatic heterocycles. The van der Waals surface area contributed by atoms with Crippen LogP contribution in [-0.4, -0.2) is 33.9 Å². The highest BCUT2D eigenvalue weighted by Crippen LogP contribution is 2.36. The molecule has 0 spiro atoms. The summed E-state index contributed by atoms with van der Waals surface area (Å²) in [5.41, 5.74) is 1.79. The van der Waals surface area contributed by atoms with Gasteiger partial charge in [-0.1, -0.05) is 41.6 Å². The van der Waals surface area contributed by atoms with Crippen molar-refractivity contribution in [1.82, 2.24) is 4.90 Å². The molecule has 0 radical (unpaired) electrons. The molecule has 3 aromatic carbocycles. The van der Waals surface area contributed by atoms with Gasteiger partial charge in [0.1, 0.15) is 11.1 Å². The van der Waals surface area contributed by atoms with E-state index in [2.05, 4.69) is 10.3 Å². The van der Waals surface area contributed by atoms with E-state index < -0.39 is 5.25 Å². The molecule has 0 saturated carbocycles. The minimum atomic E-state index is -0.675. The lowest BCUT2D eigenvalue weighted by atomic mass is 10.1. The highest BCUT2D eigenvalue weighted by molar-refractivity contribution is 8.15. The number of hydrogen-bond acceptors (Lipinski definition) is 6. The normalized spacial score (nSPS) is 17.8. The Hall–Kier alpha value is -3.56. The van der Waals surface area contributed by atoms with Crippen LogP contribution < -0.4 is 14.8 Å². The van der Waals surface area contributed by atoms with Crippen LogP contribution in [-0.2, 0) is 16.1 Å². The molecule has 0 bridgehead atoms. The summed E-state index contributed by atoms with van der Waals surface area (Å²) in [6.45, 7) is 0.377. The minimum Gasteiger partial charge on any atom is -0.454 e. The third-order valence-electron chi connectivity index (χ3n) is 5.37. The third-order valence-corrected chi connectivity index (χ3v) is 6.87. The molecule has 5 rings (SSSR count). The number of rotatable bonds is 6. The van der Waals surface area contributed by atoms with Crippen LogP contribution in [0, 0.1) is 5.82 Å². The van der Waals surface area contributed by atoms with Gasteiger partial charge in [-0.15, -0.1) is 0 Å². The van der Waals surface area contributed by atoms with E-state index in [1.54, 1.807) is 30.3 Å². The molecule has 10 heteroatoms. The Balaban J connectivity index is 1.37. The van der Waals surface area contributed by atoms with Crippen LogP contribution >= 0.6 is 23.4 Å². The van der Waals surface area contributed by atoms with Crippen LogP contribution in [0.25, 0.3) is 0 Å². The van der Waals surface area contributed by atoms with Crippen LogP contribution in [0.3, 0.4) is 0 Å². The first-order chi connectivity index (χ1) is 17.0. The number of thioether (sulfide) groups is 1. The summed E-state index contributed by atoms with van der Waals surface area (Å²) >= 11 is 7.33. The fourth-order valence-corrected chi connectivity index (χ4v) is 4.99. The Morgan fingerprint density at radius 2 is 1.89 bits per heavy atom. The van der Waals surface area contributed by atoms with Crippen molar-refractivity contribution in [1.29, 1.82) is 0 Å². The molecule has 0 aliphatic carbocycles. The van der Waals surface area contributed by atoms with Crippen LogP contribution in [0.15, 0.2) is 71.7 Å². The highest BCUT2D eigenvalue weighted by atomic mass is 35.5. The molecular formula is C25H19ClFN3O4S. The number of ether oxygens (including phenoxy) is 2. The second kappa shape index (κ2) is 9.97. The SMILES string of the molecule is O=C(C[C@H]1SC(=Nc2ccc(F)cc2)N(Cc2ccc3c(c2)OCO3)C1=O)Nc1ccccc1Cl. The molecule has 1 N–H and O–H groups in total. The second-order valence-corrected chi connectivity index (χ2v) is 9.40. The maximum absolute atomic E-state index is 13.4. The lowest BCUT2D eigenvalue weighted by molar-refractivity contribution is -0.128. The van der Waals surface area contributed by atoms with Crippen LogP contribution in [0.1, 0.15) is 12.0 Å². The van der Waals surface area contributed by atoms with E-state index in [9.17, 15) is 14.0 Å². The van der Waals surface area contributed by atoms with Crippen molar-refractivity contribution in [2.24, 2.45) is 4.99 Å². The molecule has 3 aromatic rings. The van der Waals surface area contributed by atoms with Gasteiger partial charge in [-0.05, 0) is 54.1 Å². The average Bonchev–Trinajstić information content (AvgIpc) is 3.42. The van der Waals surface area contributed by atoms with E-state index in [1.807, 2.05) is 12.1 Å². The summed E-state index contributed by atoms with van der Waals surface area (Å²) in [5.74, 6) is 0.285. The van der Waals surface area contributed by atoms with E-state index in [0.29, 0.717) is 33.1 Å². The van der Waals surface area contributed by atoms with Crippen molar-refractivity contribution in [3.05, 3.63) is 83.1 Å². The topological polar surface area (TPSA) is 80.2 Å². The van der Waals surface area contributed by atoms with Crippen molar-refractivity contribution in [2.75, 3.05) is 12.1 Å². The number of para-hydroxylation sites is 1. The van der Waals surface area contributed by atoms with Crippen molar-refractivity contribution in [3.63, 3.8) is 0 Å². The number of benzene rings is 3. The van der Waals surface area contributed by atoms with Gasteiger partial charge in [0, 0.05) is 6.42 Å². The maximum atomic E-state index is 13.4. The van der Waals surface area contributed by atoms with E-state index in [-0.39, 0.29) is 37.4 Å². The lowest BCUT2D eigenvalue weighted by Crippen LogP contribution is -2.33. The van der Waals surface area contributed by atoms with E-state index in [1.165, 1.54) is 40.9 Å². The summed E-state index contributed by atoms with van der Waals surface area (Å²) in [5, 5.41) is 2.92. The number of amides is 2. The predicted molar refractivity (Wildman–Crippen MR) is 133 cm³/mol. The Morgan fingerprint density at radius 1 is 1.11 bits per heavy atom. The number of nitrogens with zero attached hydrogens (tertiary/aromatic N) is 2. The highest BCUT2D eigenvalue weighted by Gasteiger charge is 2.39. The van der Waals surface area contributed by atoms with Crippen LogP contribution in [0.4, 0.5) is 15.8 Å². The summed E-state index contributed by atoms with van der Waals surface area (Å²) in [6, 6.07) is 18.0. The van der Waals surface area contributed by atoms with Crippen LogP contribution in [0.5, 0.6) is 11.5 Å². The van der Waals surface area contributed by atoms with Crippen molar-refractivity contribution in [2.45, 2.75) is 18.2 Å². The summed E-state index contributed by atoms with van der Waals surface area (Å²) in [4.78, 5) is 32.1. The second-order valence-electron chi connectivity index (χ2n) is 7.82. The number of halogens is 2. The Morgan fingerprint density at radius 3 is 2.69 bits per heavy atom. The van der Waals surface area contributed by atoms with Crippen molar-refractivity contribution < 1.29 is 23.5 Å². The van der Waals surface area contributed by atoms with Gasteiger partial charge in [0.2, 0.25) is 18.6 Å². The average molecular weight is 512 g/mol. The van der Waals surface area contributed by atoms with Gasteiger partial charge in [-0.2, -0.15) is 0 Å². The van der Waals surface area contributed by atoms with Gasteiger partial charge in [0.15, 0.2) is 16.7 Å². The molecule has 2 heterocycles. The molecule has 178 valence electrons. The van der Waals surface area contributed by atoms with Gasteiger partial charge in [-0.3, -0.25) is 14.5 Å².